The SMILES string of the molecule is O=C(NCCC1CCCC1)c1c[nH]c2ccccc12. The maximum Gasteiger partial charge on any atom is 0.253 e. The van der Waals surface area contributed by atoms with Crippen LogP contribution in [0.4, 0.5) is 0 Å². The number of hydrogen-bond acceptors (Lipinski definition) is 1. The lowest BCUT2D eigenvalue weighted by Gasteiger charge is -2.09. The van der Waals surface area contributed by atoms with Gasteiger partial charge in [-0.1, -0.05) is 43.9 Å². The Balaban J connectivity index is 1.60. The highest BCUT2D eigenvalue weighted by Gasteiger charge is 2.16. The van der Waals surface area contributed by atoms with Gasteiger partial charge in [0.25, 0.3) is 5.91 Å². The van der Waals surface area contributed by atoms with Crippen molar-refractivity contribution < 1.29 is 4.79 Å². The first-order valence-electron chi connectivity index (χ1n) is 7.19. The Hall–Kier alpha value is -1.77. The zero-order valence-corrected chi connectivity index (χ0v) is 11.1. The fourth-order valence-electron chi connectivity index (χ4n) is 3.04. The Bertz CT molecular complexity index is 567. The van der Waals surface area contributed by atoms with Crippen LogP contribution in [0.3, 0.4) is 0 Å². The third-order valence-corrected chi connectivity index (χ3v) is 4.15. The van der Waals surface area contributed by atoms with Gasteiger partial charge in [-0.25, -0.2) is 0 Å². The van der Waals surface area contributed by atoms with Gasteiger partial charge in [0.2, 0.25) is 0 Å². The zero-order chi connectivity index (χ0) is 13.1. The number of nitrogens with one attached hydrogen (secondary N) is 2. The number of H-pyrrole nitrogens is 1. The van der Waals surface area contributed by atoms with Crippen LogP contribution in [0.2, 0.25) is 0 Å². The lowest BCUT2D eigenvalue weighted by Crippen LogP contribution is -2.25. The molecule has 1 fully saturated rings. The molecule has 0 atom stereocenters. The van der Waals surface area contributed by atoms with Crippen molar-refractivity contribution in [1.82, 2.24) is 10.3 Å². The summed E-state index contributed by atoms with van der Waals surface area (Å²) in [7, 11) is 0. The molecule has 100 valence electrons. The van der Waals surface area contributed by atoms with Gasteiger partial charge in [0, 0.05) is 23.6 Å². The number of amides is 1. The third-order valence-electron chi connectivity index (χ3n) is 4.15. The molecule has 0 radical (unpaired) electrons. The molecular weight excluding hydrogens is 236 g/mol. The van der Waals surface area contributed by atoms with Crippen LogP contribution in [0.5, 0.6) is 0 Å². The van der Waals surface area contributed by atoms with Crippen molar-refractivity contribution in [2.24, 2.45) is 5.92 Å². The average Bonchev–Trinajstić information content (AvgIpc) is 3.07. The standard InChI is InChI=1S/C16H20N2O/c19-16(17-10-9-12-5-1-2-6-12)14-11-18-15-8-4-3-7-13(14)15/h3-4,7-8,11-12,18H,1-2,5-6,9-10H2,(H,17,19). The second-order valence-electron chi connectivity index (χ2n) is 5.44. The first-order valence-corrected chi connectivity index (χ1v) is 7.19. The average molecular weight is 256 g/mol. The Morgan fingerprint density at radius 2 is 2.05 bits per heavy atom. The Kier molecular flexibility index (Phi) is 3.53. The molecule has 0 bridgehead atoms. The number of fused-ring (bicyclic) bond motifs is 1. The number of aromatic amines is 1. The van der Waals surface area contributed by atoms with Crippen LogP contribution in [0, 0.1) is 5.92 Å². The van der Waals surface area contributed by atoms with E-state index in [1.54, 1.807) is 6.20 Å². The van der Waals surface area contributed by atoms with Crippen molar-refractivity contribution >= 4 is 16.8 Å². The van der Waals surface area contributed by atoms with Crippen LogP contribution in [-0.2, 0) is 0 Å². The molecule has 3 rings (SSSR count). The molecule has 0 unspecified atom stereocenters. The minimum absolute atomic E-state index is 0.0375. The molecule has 0 aliphatic heterocycles. The Morgan fingerprint density at radius 1 is 1.26 bits per heavy atom. The molecule has 2 aromatic rings. The van der Waals surface area contributed by atoms with Crippen molar-refractivity contribution in [2.45, 2.75) is 32.1 Å². The molecule has 1 heterocycles. The Labute approximate surface area is 113 Å². The number of rotatable bonds is 4. The summed E-state index contributed by atoms with van der Waals surface area (Å²) < 4.78 is 0. The van der Waals surface area contributed by atoms with Crippen LogP contribution < -0.4 is 5.32 Å². The molecule has 1 aliphatic carbocycles. The monoisotopic (exact) mass is 256 g/mol. The predicted octanol–water partition coefficient (Wildman–Crippen LogP) is 3.48. The molecule has 1 saturated carbocycles. The molecule has 1 aromatic carbocycles. The lowest BCUT2D eigenvalue weighted by atomic mass is 10.0. The molecule has 19 heavy (non-hydrogen) atoms. The van der Waals surface area contributed by atoms with E-state index >= 15 is 0 Å². The van der Waals surface area contributed by atoms with E-state index in [-0.39, 0.29) is 5.91 Å². The zero-order valence-electron chi connectivity index (χ0n) is 11.1. The van der Waals surface area contributed by atoms with Gasteiger partial charge < -0.3 is 10.3 Å². The number of benzene rings is 1. The van der Waals surface area contributed by atoms with E-state index in [1.165, 1.54) is 25.7 Å². The molecule has 1 aromatic heterocycles. The molecule has 2 N–H and O–H groups in total. The summed E-state index contributed by atoms with van der Waals surface area (Å²) in [4.78, 5) is 15.3. The normalized spacial score (nSPS) is 16.0. The number of carbonyl (C=O) groups excluding carboxylic acids is 1. The summed E-state index contributed by atoms with van der Waals surface area (Å²) in [6.45, 7) is 0.795. The van der Waals surface area contributed by atoms with Crippen LogP contribution in [0.1, 0.15) is 42.5 Å². The van der Waals surface area contributed by atoms with Crippen LogP contribution in [0.15, 0.2) is 30.5 Å². The minimum Gasteiger partial charge on any atom is -0.360 e. The predicted molar refractivity (Wildman–Crippen MR) is 77.2 cm³/mol. The van der Waals surface area contributed by atoms with E-state index in [2.05, 4.69) is 10.3 Å². The van der Waals surface area contributed by atoms with E-state index in [0.29, 0.717) is 0 Å². The highest BCUT2D eigenvalue weighted by atomic mass is 16.1. The van der Waals surface area contributed by atoms with Crippen molar-refractivity contribution in [3.8, 4) is 0 Å². The molecule has 1 amide bonds. The summed E-state index contributed by atoms with van der Waals surface area (Å²) in [6.07, 6.45) is 8.32. The lowest BCUT2D eigenvalue weighted by molar-refractivity contribution is 0.0953. The van der Waals surface area contributed by atoms with Gasteiger partial charge in [-0.15, -0.1) is 0 Å². The van der Waals surface area contributed by atoms with E-state index in [9.17, 15) is 4.79 Å². The number of aromatic nitrogens is 1. The van der Waals surface area contributed by atoms with Crippen LogP contribution >= 0.6 is 0 Å². The van der Waals surface area contributed by atoms with Gasteiger partial charge in [0.05, 0.1) is 5.56 Å². The van der Waals surface area contributed by atoms with Gasteiger partial charge in [-0.3, -0.25) is 4.79 Å². The molecule has 3 nitrogen and oxygen atoms in total. The molecule has 0 spiro atoms. The summed E-state index contributed by atoms with van der Waals surface area (Å²) in [6, 6.07) is 7.91. The topological polar surface area (TPSA) is 44.9 Å². The third kappa shape index (κ3) is 2.65. The smallest absolute Gasteiger partial charge is 0.253 e. The maximum absolute atomic E-state index is 12.2. The largest absolute Gasteiger partial charge is 0.360 e. The minimum atomic E-state index is 0.0375. The van der Waals surface area contributed by atoms with Gasteiger partial charge in [-0.05, 0) is 18.4 Å². The first-order chi connectivity index (χ1) is 9.34. The fourth-order valence-corrected chi connectivity index (χ4v) is 3.04. The van der Waals surface area contributed by atoms with Crippen molar-refractivity contribution in [1.29, 1.82) is 0 Å². The van der Waals surface area contributed by atoms with Gasteiger partial charge in [0.15, 0.2) is 0 Å². The van der Waals surface area contributed by atoms with E-state index < -0.39 is 0 Å². The summed E-state index contributed by atoms with van der Waals surface area (Å²) in [5.41, 5.74) is 1.77. The molecular formula is C16H20N2O. The van der Waals surface area contributed by atoms with E-state index in [1.807, 2.05) is 24.3 Å². The molecule has 3 heteroatoms. The summed E-state index contributed by atoms with van der Waals surface area (Å²) >= 11 is 0. The van der Waals surface area contributed by atoms with Crippen molar-refractivity contribution in [3.63, 3.8) is 0 Å². The quantitative estimate of drug-likeness (QED) is 0.864. The summed E-state index contributed by atoms with van der Waals surface area (Å²) in [5.74, 6) is 0.860. The van der Waals surface area contributed by atoms with Gasteiger partial charge in [-0.2, -0.15) is 0 Å². The second-order valence-corrected chi connectivity index (χ2v) is 5.44. The number of carbonyl (C=O) groups is 1. The maximum atomic E-state index is 12.2. The molecule has 1 aliphatic rings. The second kappa shape index (κ2) is 5.47. The van der Waals surface area contributed by atoms with Crippen LogP contribution in [-0.4, -0.2) is 17.4 Å². The highest BCUT2D eigenvalue weighted by Crippen LogP contribution is 2.27. The van der Waals surface area contributed by atoms with Crippen molar-refractivity contribution in [3.05, 3.63) is 36.0 Å². The van der Waals surface area contributed by atoms with E-state index in [0.717, 1.165) is 35.3 Å². The number of para-hydroxylation sites is 1. The van der Waals surface area contributed by atoms with Crippen molar-refractivity contribution in [2.75, 3.05) is 6.54 Å². The van der Waals surface area contributed by atoms with E-state index in [4.69, 9.17) is 0 Å². The van der Waals surface area contributed by atoms with Crippen LogP contribution in [0.25, 0.3) is 10.9 Å². The number of hydrogen-bond donors (Lipinski definition) is 2. The highest BCUT2D eigenvalue weighted by molar-refractivity contribution is 6.06. The first kappa shape index (κ1) is 12.3. The van der Waals surface area contributed by atoms with Gasteiger partial charge in [0.1, 0.15) is 0 Å². The fraction of sp³-hybridized carbons (Fsp3) is 0.438. The van der Waals surface area contributed by atoms with Gasteiger partial charge >= 0.3 is 0 Å². The Morgan fingerprint density at radius 3 is 2.89 bits per heavy atom. The summed E-state index contributed by atoms with van der Waals surface area (Å²) in [5, 5.41) is 4.05. The molecule has 0 saturated heterocycles.